The zero-order chi connectivity index (χ0) is 64.1. The first-order valence-electron chi connectivity index (χ1n) is 27.3. The van der Waals surface area contributed by atoms with E-state index >= 15 is 0 Å². The van der Waals surface area contributed by atoms with Crippen LogP contribution in [0.2, 0.25) is 0 Å². The molecule has 0 radical (unpaired) electrons. The quantitative estimate of drug-likeness (QED) is 0.0788. The molecular formula is C68H30N12O4S8. The van der Waals surface area contributed by atoms with E-state index in [0.717, 1.165) is 117 Å². The number of rotatable bonds is 8. The third kappa shape index (κ3) is 8.08. The highest BCUT2D eigenvalue weighted by atomic mass is 32.1. The molecule has 24 heteroatoms. The molecule has 0 N–H and O–H groups in total. The third-order valence-corrected chi connectivity index (χ3v) is 25.5. The lowest BCUT2D eigenvalue weighted by atomic mass is 9.83. The molecule has 434 valence electrons. The zero-order valence-electron chi connectivity index (χ0n) is 48.2. The number of aromatic nitrogens is 2. The van der Waals surface area contributed by atoms with Crippen LogP contribution in [0.5, 0.6) is 11.5 Å². The highest BCUT2D eigenvalue weighted by Crippen LogP contribution is 2.64. The van der Waals surface area contributed by atoms with Crippen LogP contribution in [0.3, 0.4) is 0 Å². The van der Waals surface area contributed by atoms with Gasteiger partial charge in [0, 0.05) is 104 Å². The Hall–Kier alpha value is -10.7. The minimum absolute atomic E-state index is 0.0237. The predicted molar refractivity (Wildman–Crippen MR) is 362 cm³/mol. The third-order valence-electron chi connectivity index (χ3n) is 17.1. The van der Waals surface area contributed by atoms with E-state index in [1.165, 1.54) is 58.1 Å². The van der Waals surface area contributed by atoms with Gasteiger partial charge in [0.1, 0.15) is 46.0 Å². The second kappa shape index (κ2) is 20.9. The molecule has 5 aliphatic rings. The number of benzene rings is 3. The van der Waals surface area contributed by atoms with Gasteiger partial charge in [-0.2, -0.15) is 33.3 Å². The second-order valence-corrected chi connectivity index (χ2v) is 29.8. The summed E-state index contributed by atoms with van der Waals surface area (Å²) in [4.78, 5) is 49.9. The summed E-state index contributed by atoms with van der Waals surface area (Å²) < 4.78 is 32.0. The maximum Gasteiger partial charge on any atom is 0.270 e. The summed E-state index contributed by atoms with van der Waals surface area (Å²) in [6.07, 6.45) is 3.30. The van der Waals surface area contributed by atoms with E-state index in [2.05, 4.69) is 66.5 Å². The molecule has 8 heterocycles. The topological polar surface area (TPSA) is 235 Å². The first-order valence-corrected chi connectivity index (χ1v) is 33.7. The average Bonchev–Trinajstić information content (AvgIpc) is 1.55. The fourth-order valence-electron chi connectivity index (χ4n) is 12.6. The highest BCUT2D eigenvalue weighted by molar-refractivity contribution is 7.58. The molecule has 10 aromatic rings. The van der Waals surface area contributed by atoms with E-state index < -0.39 is 22.4 Å². The highest BCUT2D eigenvalue weighted by Gasteiger charge is 2.44. The van der Waals surface area contributed by atoms with E-state index in [4.69, 9.17) is 46.7 Å². The molecule has 16 nitrogen and oxygen atoms in total. The second-order valence-electron chi connectivity index (χ2n) is 22.4. The van der Waals surface area contributed by atoms with Gasteiger partial charge in [0.15, 0.2) is 11.6 Å². The number of Topliss-reactive ketones (excluding diaryl/α,β-unsaturated/α-hetero) is 2. The molecule has 0 saturated heterocycles. The Morgan fingerprint density at radius 3 is 1.29 bits per heavy atom. The molecule has 15 rings (SSSR count). The van der Waals surface area contributed by atoms with Crippen LogP contribution in [0, 0.1) is 76.4 Å². The summed E-state index contributed by atoms with van der Waals surface area (Å²) in [6.45, 7) is 32.2. The van der Waals surface area contributed by atoms with E-state index in [1.54, 1.807) is 71.7 Å². The normalized spacial score (nSPS) is 16.4. The van der Waals surface area contributed by atoms with Gasteiger partial charge in [-0.25, -0.2) is 25.1 Å². The molecule has 1 aliphatic heterocycles. The molecule has 4 aliphatic carbocycles. The molecule has 0 amide bonds. The van der Waals surface area contributed by atoms with Crippen LogP contribution >= 0.6 is 79.7 Å². The molecule has 0 fully saturated rings. The largest absolute Gasteiger partial charge is 0.495 e. The SMILES string of the molecule is [C-]#[N+]/C(C#N)=C1\C(=C\c2cc(OC)c(-c3cc4c(s3)-c3sc(-c5c6c(c(-c7cc8c(s7)-c7sc(-c9sc(/C=C%10\C(=O)c%11cc(C#N)c([N+]#[C-])cc%11\C%10=C(\C#N)[N+]#[C-])cc9OC)cc7C8(C)C)c7nsnc57)N=S=N6)cc3C4(C)C)s2)C(=O)c2cc(C#N)c(C#N)cc21. The van der Waals surface area contributed by atoms with Gasteiger partial charge >= 0.3 is 0 Å². The maximum absolute atomic E-state index is 14.1. The van der Waals surface area contributed by atoms with Crippen molar-refractivity contribution in [3.63, 3.8) is 0 Å². The number of hydrogen-bond donors (Lipinski definition) is 0. The number of nitriles is 5. The van der Waals surface area contributed by atoms with Gasteiger partial charge in [0.05, 0.1) is 102 Å². The fourth-order valence-corrected chi connectivity index (χ4v) is 21.8. The van der Waals surface area contributed by atoms with E-state index in [-0.39, 0.29) is 78.3 Å². The van der Waals surface area contributed by atoms with Gasteiger partial charge in [0.2, 0.25) is 5.69 Å². The van der Waals surface area contributed by atoms with Crippen molar-refractivity contribution in [1.29, 1.82) is 26.3 Å². The number of allylic oxidation sites excluding steroid dienone is 6. The fraction of sp³-hybridized carbons (Fsp3) is 0.118. The molecular weight excluding hydrogens is 1310 g/mol. The molecule has 7 aromatic heterocycles. The first-order chi connectivity index (χ1) is 44.5. The molecule has 3 aromatic carbocycles. The Labute approximate surface area is 555 Å². The van der Waals surface area contributed by atoms with Crippen molar-refractivity contribution >= 4 is 154 Å². The standard InChI is InChI=1S/C68H30N12O4S8/c1-67(2)38-18-47(87-61(38)63-40(67)20-49(89-63)65-45(83-8)15-30(85-65)13-36-51(43(25-72)75-6)32-10-27(22-69)28(23-70)11-34(32)59(36)81)53-55-57(79-91-77-55)54(58-56(53)78-92-80-58)48-19-39-62(88-48)64-41(68(39,3)4)21-50(90-64)66-46(84-9)16-31(86-66)14-37-52(44(26-73)76-7)33-17-42(74-5)29(24-71)12-35(33)60(37)82/h10-21H,1-4,8-9H3/b36-13-,37-14-,51-43-,52-44+. The van der Waals surface area contributed by atoms with Gasteiger partial charge in [-0.15, -0.1) is 68.0 Å². The van der Waals surface area contributed by atoms with Crippen LogP contribution in [-0.2, 0) is 22.2 Å². The minimum atomic E-state index is -0.460. The van der Waals surface area contributed by atoms with Crippen LogP contribution in [-0.4, -0.2) is 34.5 Å². The van der Waals surface area contributed by atoms with E-state index in [9.17, 15) is 35.9 Å². The number of ether oxygens (including phenoxy) is 2. The van der Waals surface area contributed by atoms with Gasteiger partial charge in [-0.05, 0) is 106 Å². The summed E-state index contributed by atoms with van der Waals surface area (Å²) >= 11 is 11.8. The van der Waals surface area contributed by atoms with Gasteiger partial charge < -0.3 is 9.47 Å². The van der Waals surface area contributed by atoms with Crippen molar-refractivity contribution in [1.82, 2.24) is 8.75 Å². The lowest BCUT2D eigenvalue weighted by molar-refractivity contribution is 0.103. The maximum atomic E-state index is 14.1. The van der Waals surface area contributed by atoms with Crippen LogP contribution in [0.15, 0.2) is 91.9 Å². The Kier molecular flexibility index (Phi) is 13.1. The summed E-state index contributed by atoms with van der Waals surface area (Å²) in [6, 6.07) is 27.9. The van der Waals surface area contributed by atoms with Gasteiger partial charge in [-0.1, -0.05) is 27.7 Å². The lowest BCUT2D eigenvalue weighted by Crippen LogP contribution is -2.13. The monoisotopic (exact) mass is 1330 g/mol. The number of nitrogens with zero attached hydrogens (tertiary/aromatic N) is 12. The van der Waals surface area contributed by atoms with Crippen LogP contribution in [0.25, 0.3) is 109 Å². The van der Waals surface area contributed by atoms with E-state index in [0.29, 0.717) is 21.3 Å². The zero-order valence-corrected chi connectivity index (χ0v) is 54.7. The molecule has 92 heavy (non-hydrogen) atoms. The molecule has 0 spiro atoms. The van der Waals surface area contributed by atoms with Crippen molar-refractivity contribution in [2.24, 2.45) is 8.73 Å². The van der Waals surface area contributed by atoms with Crippen LogP contribution in [0.1, 0.15) is 108 Å². The number of fused-ring (bicyclic) bond motifs is 10. The summed E-state index contributed by atoms with van der Waals surface area (Å²) in [7, 11) is 3.18. The molecule has 0 unspecified atom stereocenters. The number of methoxy groups -OCH3 is 2. The van der Waals surface area contributed by atoms with Crippen molar-refractivity contribution in [3.8, 4) is 102 Å². The summed E-state index contributed by atoms with van der Waals surface area (Å²) in [5.41, 5.74) is 9.38. The Morgan fingerprint density at radius 2 is 0.902 bits per heavy atom. The van der Waals surface area contributed by atoms with Crippen LogP contribution in [0.4, 0.5) is 17.1 Å². The van der Waals surface area contributed by atoms with Crippen molar-refractivity contribution in [3.05, 3.63) is 188 Å². The van der Waals surface area contributed by atoms with Crippen molar-refractivity contribution in [2.75, 3.05) is 14.2 Å². The Morgan fingerprint density at radius 1 is 0.511 bits per heavy atom. The number of carbonyl (C=O) groups excluding carboxylic acids is 2. The smallest absolute Gasteiger partial charge is 0.270 e. The average molecular weight is 1340 g/mol. The number of ketones is 2. The Bertz CT molecular complexity index is 5450. The van der Waals surface area contributed by atoms with Crippen molar-refractivity contribution < 1.29 is 19.1 Å². The van der Waals surface area contributed by atoms with E-state index in [1.807, 2.05) is 42.5 Å². The van der Waals surface area contributed by atoms with Gasteiger partial charge in [-0.3, -0.25) is 9.59 Å². The minimum Gasteiger partial charge on any atom is -0.495 e. The number of carbonyl (C=O) groups is 2. The number of thiophene rings is 6. The van der Waals surface area contributed by atoms with Crippen LogP contribution < -0.4 is 9.47 Å². The predicted octanol–water partition coefficient (Wildman–Crippen LogP) is 19.1. The lowest BCUT2D eigenvalue weighted by Gasteiger charge is -2.19. The molecule has 0 atom stereocenters. The first kappa shape index (κ1) is 57.7. The van der Waals surface area contributed by atoms with Gasteiger partial charge in [0.25, 0.3) is 11.4 Å². The molecule has 0 bridgehead atoms. The summed E-state index contributed by atoms with van der Waals surface area (Å²) in [5, 5.41) is 49.5. The Balaban J connectivity index is 0.766. The number of hydrogen-bond acceptors (Lipinski definition) is 20. The molecule has 0 saturated carbocycles. The van der Waals surface area contributed by atoms with Crippen molar-refractivity contribution in [2.45, 2.75) is 38.5 Å². The summed E-state index contributed by atoms with van der Waals surface area (Å²) in [5.74, 6) is 0.251.